The predicted octanol–water partition coefficient (Wildman–Crippen LogP) is 2.28. The fourth-order valence-corrected chi connectivity index (χ4v) is 3.05. The van der Waals surface area contributed by atoms with Gasteiger partial charge in [0.25, 0.3) is 0 Å². The van der Waals surface area contributed by atoms with E-state index in [4.69, 9.17) is 0 Å². The number of ketones is 1. The fraction of sp³-hybridized carbons (Fsp3) is 0.588. The number of Topliss-reactive ketones (excluding diaryl/α,β-unsaturated/α-hetero) is 1. The van der Waals surface area contributed by atoms with Crippen LogP contribution in [-0.4, -0.2) is 41.0 Å². The lowest BCUT2D eigenvalue weighted by molar-refractivity contribution is -0.121. The summed E-state index contributed by atoms with van der Waals surface area (Å²) in [6.45, 7) is 5.27. The van der Waals surface area contributed by atoms with E-state index >= 15 is 0 Å². The maximum absolute atomic E-state index is 11.6. The number of rotatable bonds is 6. The molecule has 3 heteroatoms. The van der Waals surface area contributed by atoms with Crippen molar-refractivity contribution in [3.05, 3.63) is 35.9 Å². The highest BCUT2D eigenvalue weighted by Crippen LogP contribution is 2.20. The van der Waals surface area contributed by atoms with Crippen LogP contribution in [0, 0.1) is 5.92 Å². The van der Waals surface area contributed by atoms with Crippen LogP contribution < -0.4 is 0 Å². The lowest BCUT2D eigenvalue weighted by atomic mass is 9.95. The summed E-state index contributed by atoms with van der Waals surface area (Å²) >= 11 is 0. The van der Waals surface area contributed by atoms with Crippen molar-refractivity contribution in [3.63, 3.8) is 0 Å². The fourth-order valence-electron chi connectivity index (χ4n) is 3.05. The number of β-amino-alcohol motifs (C(OH)–C–C–N with tert-alkyl or cyclic N) is 1. The van der Waals surface area contributed by atoms with Gasteiger partial charge in [-0.3, -0.25) is 9.69 Å². The number of carbonyl (C=O) groups is 1. The quantitative estimate of drug-likeness (QED) is 0.866. The molecule has 20 heavy (non-hydrogen) atoms. The van der Waals surface area contributed by atoms with Gasteiger partial charge < -0.3 is 5.11 Å². The highest BCUT2D eigenvalue weighted by Gasteiger charge is 2.30. The van der Waals surface area contributed by atoms with E-state index < -0.39 is 0 Å². The summed E-state index contributed by atoms with van der Waals surface area (Å²) in [6.07, 6.45) is 2.50. The molecular formula is C17H25NO2. The molecule has 1 aliphatic rings. The molecule has 0 bridgehead atoms. The molecule has 0 amide bonds. The first kappa shape index (κ1) is 15.2. The van der Waals surface area contributed by atoms with E-state index in [9.17, 15) is 9.90 Å². The number of hydrogen-bond acceptors (Lipinski definition) is 3. The average molecular weight is 275 g/mol. The minimum absolute atomic E-state index is 0.0218. The molecule has 2 rings (SSSR count). The molecule has 0 spiro atoms. The van der Waals surface area contributed by atoms with E-state index in [0.717, 1.165) is 25.8 Å². The maximum atomic E-state index is 11.6. The molecule has 3 unspecified atom stereocenters. The van der Waals surface area contributed by atoms with Gasteiger partial charge in [-0.2, -0.15) is 0 Å². The predicted molar refractivity (Wildman–Crippen MR) is 80.6 cm³/mol. The van der Waals surface area contributed by atoms with Gasteiger partial charge in [0.05, 0.1) is 12.1 Å². The Morgan fingerprint density at radius 1 is 1.40 bits per heavy atom. The zero-order chi connectivity index (χ0) is 14.5. The minimum atomic E-state index is -0.379. The molecule has 110 valence electrons. The number of aliphatic hydroxyl groups excluding tert-OH is 1. The van der Waals surface area contributed by atoms with E-state index in [2.05, 4.69) is 24.0 Å². The van der Waals surface area contributed by atoms with Crippen LogP contribution >= 0.6 is 0 Å². The van der Waals surface area contributed by atoms with Crippen molar-refractivity contribution in [1.82, 2.24) is 4.90 Å². The van der Waals surface area contributed by atoms with E-state index in [1.54, 1.807) is 6.92 Å². The number of likely N-dealkylation sites (tertiary alicyclic amines) is 1. The third-order valence-electron chi connectivity index (χ3n) is 4.31. The summed E-state index contributed by atoms with van der Waals surface area (Å²) < 4.78 is 0. The third kappa shape index (κ3) is 3.90. The molecule has 0 radical (unpaired) electrons. The Morgan fingerprint density at radius 3 is 2.75 bits per heavy atom. The van der Waals surface area contributed by atoms with Crippen LogP contribution in [-0.2, 0) is 11.2 Å². The van der Waals surface area contributed by atoms with Crippen molar-refractivity contribution < 1.29 is 9.90 Å². The Kier molecular flexibility index (Phi) is 5.32. The summed E-state index contributed by atoms with van der Waals surface area (Å²) in [6, 6.07) is 10.3. The molecule has 1 aromatic rings. The second-order valence-corrected chi connectivity index (χ2v) is 6.00. The van der Waals surface area contributed by atoms with E-state index in [-0.39, 0.29) is 23.8 Å². The van der Waals surface area contributed by atoms with Crippen molar-refractivity contribution in [3.8, 4) is 0 Å². The molecule has 1 saturated heterocycles. The van der Waals surface area contributed by atoms with Crippen molar-refractivity contribution in [2.24, 2.45) is 5.92 Å². The first-order valence-corrected chi connectivity index (χ1v) is 7.54. The van der Waals surface area contributed by atoms with Gasteiger partial charge in [-0.15, -0.1) is 0 Å². The molecule has 1 heterocycles. The monoisotopic (exact) mass is 275 g/mol. The van der Waals surface area contributed by atoms with Gasteiger partial charge in [-0.25, -0.2) is 0 Å². The largest absolute Gasteiger partial charge is 0.392 e. The topological polar surface area (TPSA) is 40.5 Å². The highest BCUT2D eigenvalue weighted by molar-refractivity contribution is 5.81. The molecule has 0 aliphatic carbocycles. The number of aliphatic hydroxyl groups is 1. The van der Waals surface area contributed by atoms with Crippen molar-refractivity contribution >= 4 is 5.78 Å². The normalized spacial score (nSPS) is 22.6. The molecule has 1 aromatic carbocycles. The van der Waals surface area contributed by atoms with Gasteiger partial charge in [0, 0.05) is 6.54 Å². The molecule has 0 saturated carbocycles. The van der Waals surface area contributed by atoms with Gasteiger partial charge in [-0.05, 0) is 44.2 Å². The second-order valence-electron chi connectivity index (χ2n) is 6.00. The Hall–Kier alpha value is -1.19. The van der Waals surface area contributed by atoms with E-state index in [1.807, 2.05) is 18.2 Å². The van der Waals surface area contributed by atoms with Crippen molar-refractivity contribution in [1.29, 1.82) is 0 Å². The smallest absolute Gasteiger partial charge is 0.146 e. The SMILES string of the molecule is CC(=O)C1CCCN1CC(O)C(C)Cc1ccccc1. The number of benzene rings is 1. The van der Waals surface area contributed by atoms with Gasteiger partial charge in [0.2, 0.25) is 0 Å². The Balaban J connectivity index is 1.87. The zero-order valence-corrected chi connectivity index (χ0v) is 12.5. The first-order chi connectivity index (χ1) is 9.58. The van der Waals surface area contributed by atoms with E-state index in [1.165, 1.54) is 5.56 Å². The number of carbonyl (C=O) groups excluding carboxylic acids is 1. The van der Waals surface area contributed by atoms with Crippen LogP contribution in [0.4, 0.5) is 0 Å². The van der Waals surface area contributed by atoms with Crippen molar-refractivity contribution in [2.45, 2.75) is 45.3 Å². The minimum Gasteiger partial charge on any atom is -0.392 e. The standard InChI is InChI=1S/C17H25NO2/c1-13(11-15-7-4-3-5-8-15)17(20)12-18-10-6-9-16(18)14(2)19/h3-5,7-8,13,16-17,20H,6,9-12H2,1-2H3. The summed E-state index contributed by atoms with van der Waals surface area (Å²) in [4.78, 5) is 13.7. The second kappa shape index (κ2) is 7.00. The molecule has 0 aromatic heterocycles. The summed E-state index contributed by atoms with van der Waals surface area (Å²) in [5.74, 6) is 0.427. The lowest BCUT2D eigenvalue weighted by Gasteiger charge is -2.28. The lowest BCUT2D eigenvalue weighted by Crippen LogP contribution is -2.42. The van der Waals surface area contributed by atoms with Gasteiger partial charge >= 0.3 is 0 Å². The Bertz CT molecular complexity index is 432. The Morgan fingerprint density at radius 2 is 2.10 bits per heavy atom. The molecule has 1 fully saturated rings. The Labute approximate surface area is 121 Å². The molecule has 1 N–H and O–H groups in total. The van der Waals surface area contributed by atoms with Gasteiger partial charge in [0.1, 0.15) is 5.78 Å². The van der Waals surface area contributed by atoms with Crippen molar-refractivity contribution in [2.75, 3.05) is 13.1 Å². The van der Waals surface area contributed by atoms with E-state index in [0.29, 0.717) is 6.54 Å². The van der Waals surface area contributed by atoms with Gasteiger partial charge in [-0.1, -0.05) is 37.3 Å². The highest BCUT2D eigenvalue weighted by atomic mass is 16.3. The summed E-state index contributed by atoms with van der Waals surface area (Å²) in [5, 5.41) is 10.4. The molecule has 3 atom stereocenters. The molecular weight excluding hydrogens is 250 g/mol. The van der Waals surface area contributed by atoms with Crippen LogP contribution in [0.3, 0.4) is 0 Å². The van der Waals surface area contributed by atoms with Gasteiger partial charge in [0.15, 0.2) is 0 Å². The molecule has 1 aliphatic heterocycles. The first-order valence-electron chi connectivity index (χ1n) is 7.54. The number of nitrogens with zero attached hydrogens (tertiary/aromatic N) is 1. The average Bonchev–Trinajstić information content (AvgIpc) is 2.88. The summed E-state index contributed by atoms with van der Waals surface area (Å²) in [7, 11) is 0. The molecule has 3 nitrogen and oxygen atoms in total. The van der Waals surface area contributed by atoms with Crippen LogP contribution in [0.5, 0.6) is 0 Å². The summed E-state index contributed by atoms with van der Waals surface area (Å²) in [5.41, 5.74) is 1.25. The van der Waals surface area contributed by atoms with Crippen LogP contribution in [0.1, 0.15) is 32.3 Å². The third-order valence-corrected chi connectivity index (χ3v) is 4.31. The maximum Gasteiger partial charge on any atom is 0.146 e. The van der Waals surface area contributed by atoms with Crippen LogP contribution in [0.25, 0.3) is 0 Å². The van der Waals surface area contributed by atoms with Crippen LogP contribution in [0.15, 0.2) is 30.3 Å². The number of hydrogen-bond donors (Lipinski definition) is 1. The zero-order valence-electron chi connectivity index (χ0n) is 12.5. The van der Waals surface area contributed by atoms with Crippen LogP contribution in [0.2, 0.25) is 0 Å².